The summed E-state index contributed by atoms with van der Waals surface area (Å²) >= 11 is 1.54. The summed E-state index contributed by atoms with van der Waals surface area (Å²) in [6.45, 7) is 0. The van der Waals surface area contributed by atoms with Crippen molar-refractivity contribution in [3.8, 4) is 11.3 Å². The maximum absolute atomic E-state index is 13.9. The SMILES string of the molecule is O=C(Nc1nc(-c2c(F)cccc2F)co1)C1SCCc2ccccc21. The third-order valence-electron chi connectivity index (χ3n) is 4.18. The number of aryl methyl sites for hydroxylation is 1. The van der Waals surface area contributed by atoms with Crippen LogP contribution < -0.4 is 5.32 Å². The van der Waals surface area contributed by atoms with E-state index in [9.17, 15) is 13.6 Å². The fourth-order valence-corrected chi connectivity index (χ4v) is 4.16. The van der Waals surface area contributed by atoms with Crippen molar-refractivity contribution in [2.24, 2.45) is 0 Å². The Labute approximate surface area is 152 Å². The number of thioether (sulfide) groups is 1. The number of carbonyl (C=O) groups excluding carboxylic acids is 1. The van der Waals surface area contributed by atoms with Crippen LogP contribution in [0.2, 0.25) is 0 Å². The van der Waals surface area contributed by atoms with Crippen molar-refractivity contribution >= 4 is 23.7 Å². The summed E-state index contributed by atoms with van der Waals surface area (Å²) in [6, 6.07) is 11.3. The summed E-state index contributed by atoms with van der Waals surface area (Å²) in [5, 5.41) is 2.22. The van der Waals surface area contributed by atoms with Crippen LogP contribution in [0.4, 0.5) is 14.8 Å². The van der Waals surface area contributed by atoms with Crippen LogP contribution in [-0.2, 0) is 11.2 Å². The average Bonchev–Trinajstić information content (AvgIpc) is 3.09. The van der Waals surface area contributed by atoms with Crippen molar-refractivity contribution in [2.45, 2.75) is 11.7 Å². The minimum Gasteiger partial charge on any atom is -0.431 e. The van der Waals surface area contributed by atoms with Gasteiger partial charge in [-0.05, 0) is 35.4 Å². The molecule has 1 atom stereocenters. The first-order chi connectivity index (χ1) is 12.6. The number of benzene rings is 2. The molecule has 3 aromatic rings. The van der Waals surface area contributed by atoms with Gasteiger partial charge in [0.1, 0.15) is 28.8 Å². The molecule has 0 fully saturated rings. The second-order valence-corrected chi connectivity index (χ2v) is 7.04. The van der Waals surface area contributed by atoms with Gasteiger partial charge in [0.2, 0.25) is 5.91 Å². The van der Waals surface area contributed by atoms with E-state index in [-0.39, 0.29) is 28.4 Å². The predicted octanol–water partition coefficient (Wildman–Crippen LogP) is 4.59. The van der Waals surface area contributed by atoms with Crippen LogP contribution in [0.5, 0.6) is 0 Å². The molecule has 0 spiro atoms. The third-order valence-corrected chi connectivity index (χ3v) is 5.43. The molecule has 132 valence electrons. The van der Waals surface area contributed by atoms with Gasteiger partial charge in [-0.25, -0.2) is 8.78 Å². The molecule has 1 aromatic heterocycles. The average molecular weight is 372 g/mol. The molecule has 4 nitrogen and oxygen atoms in total. The molecule has 0 saturated carbocycles. The molecule has 1 aliphatic heterocycles. The molecule has 2 heterocycles. The monoisotopic (exact) mass is 372 g/mol. The Kier molecular flexibility index (Phi) is 4.46. The number of hydrogen-bond acceptors (Lipinski definition) is 4. The van der Waals surface area contributed by atoms with Gasteiger partial charge in [-0.2, -0.15) is 4.98 Å². The lowest BCUT2D eigenvalue weighted by Gasteiger charge is -2.23. The fourth-order valence-electron chi connectivity index (χ4n) is 2.97. The van der Waals surface area contributed by atoms with Gasteiger partial charge < -0.3 is 4.42 Å². The van der Waals surface area contributed by atoms with Crippen molar-refractivity contribution in [2.75, 3.05) is 11.1 Å². The van der Waals surface area contributed by atoms with E-state index in [1.165, 1.54) is 17.8 Å². The predicted molar refractivity (Wildman–Crippen MR) is 95.8 cm³/mol. The number of anilines is 1. The van der Waals surface area contributed by atoms with Crippen LogP contribution in [0, 0.1) is 11.6 Å². The second kappa shape index (κ2) is 6.92. The number of fused-ring (bicyclic) bond motifs is 1. The number of aromatic nitrogens is 1. The van der Waals surface area contributed by atoms with Crippen LogP contribution in [-0.4, -0.2) is 16.6 Å². The highest BCUT2D eigenvalue weighted by Gasteiger charge is 2.28. The first kappa shape index (κ1) is 16.8. The van der Waals surface area contributed by atoms with Crippen molar-refractivity contribution in [1.82, 2.24) is 4.98 Å². The summed E-state index contributed by atoms with van der Waals surface area (Å²) in [5.41, 5.74) is 1.82. The van der Waals surface area contributed by atoms with Gasteiger partial charge in [0.25, 0.3) is 0 Å². The second-order valence-electron chi connectivity index (χ2n) is 5.82. The largest absolute Gasteiger partial charge is 0.431 e. The van der Waals surface area contributed by atoms with Gasteiger partial charge in [0.05, 0.1) is 5.56 Å². The number of nitrogens with zero attached hydrogens (tertiary/aromatic N) is 1. The van der Waals surface area contributed by atoms with Gasteiger partial charge in [-0.15, -0.1) is 11.8 Å². The molecule has 4 rings (SSSR count). The molecule has 26 heavy (non-hydrogen) atoms. The lowest BCUT2D eigenvalue weighted by atomic mass is 10.0. The van der Waals surface area contributed by atoms with Crippen LogP contribution >= 0.6 is 11.8 Å². The van der Waals surface area contributed by atoms with Crippen LogP contribution in [0.25, 0.3) is 11.3 Å². The molecule has 0 radical (unpaired) electrons. The Bertz CT molecular complexity index is 953. The first-order valence-corrected chi connectivity index (χ1v) is 9.08. The summed E-state index contributed by atoms with van der Waals surface area (Å²) < 4.78 is 32.9. The summed E-state index contributed by atoms with van der Waals surface area (Å²) in [7, 11) is 0. The number of carbonyl (C=O) groups is 1. The number of oxazole rings is 1. The molecular weight excluding hydrogens is 358 g/mol. The van der Waals surface area contributed by atoms with E-state index < -0.39 is 11.6 Å². The smallest absolute Gasteiger partial charge is 0.301 e. The van der Waals surface area contributed by atoms with Gasteiger partial charge in [0.15, 0.2) is 0 Å². The topological polar surface area (TPSA) is 55.1 Å². The van der Waals surface area contributed by atoms with Gasteiger partial charge in [-0.1, -0.05) is 30.3 Å². The highest BCUT2D eigenvalue weighted by atomic mass is 32.2. The molecule has 1 amide bonds. The zero-order valence-electron chi connectivity index (χ0n) is 13.5. The molecule has 0 saturated heterocycles. The van der Waals surface area contributed by atoms with Crippen molar-refractivity contribution in [1.29, 1.82) is 0 Å². The van der Waals surface area contributed by atoms with Gasteiger partial charge in [-0.3, -0.25) is 10.1 Å². The summed E-state index contributed by atoms with van der Waals surface area (Å²) in [6.07, 6.45) is 2.04. The number of halogens is 2. The number of rotatable bonds is 3. The molecule has 7 heteroatoms. The Balaban J connectivity index is 1.56. The zero-order valence-corrected chi connectivity index (χ0v) is 14.4. The lowest BCUT2D eigenvalue weighted by Crippen LogP contribution is -2.23. The van der Waals surface area contributed by atoms with E-state index >= 15 is 0 Å². The molecule has 1 aliphatic rings. The quantitative estimate of drug-likeness (QED) is 0.731. The van der Waals surface area contributed by atoms with Crippen LogP contribution in [0.1, 0.15) is 16.4 Å². The van der Waals surface area contributed by atoms with E-state index in [2.05, 4.69) is 10.3 Å². The molecule has 2 aromatic carbocycles. The maximum atomic E-state index is 13.9. The fraction of sp³-hybridized carbons (Fsp3) is 0.158. The highest BCUT2D eigenvalue weighted by Crippen LogP contribution is 2.37. The van der Waals surface area contributed by atoms with E-state index in [4.69, 9.17) is 4.42 Å². The normalized spacial score (nSPS) is 16.2. The number of nitrogens with one attached hydrogen (secondary N) is 1. The minimum absolute atomic E-state index is 0.00685. The molecule has 0 aliphatic carbocycles. The Morgan fingerprint density at radius 2 is 1.92 bits per heavy atom. The van der Waals surface area contributed by atoms with E-state index in [1.807, 2.05) is 24.3 Å². The lowest BCUT2D eigenvalue weighted by molar-refractivity contribution is -0.116. The van der Waals surface area contributed by atoms with Crippen molar-refractivity contribution < 1.29 is 18.0 Å². The van der Waals surface area contributed by atoms with Crippen LogP contribution in [0.3, 0.4) is 0 Å². The van der Waals surface area contributed by atoms with E-state index in [0.717, 1.165) is 41.7 Å². The Hall–Kier alpha value is -2.67. The molecule has 1 unspecified atom stereocenters. The molecule has 0 bridgehead atoms. The van der Waals surface area contributed by atoms with Crippen molar-refractivity contribution in [3.63, 3.8) is 0 Å². The van der Waals surface area contributed by atoms with Gasteiger partial charge in [0, 0.05) is 0 Å². The Morgan fingerprint density at radius 3 is 2.73 bits per heavy atom. The van der Waals surface area contributed by atoms with Crippen LogP contribution in [0.15, 0.2) is 53.1 Å². The molecular formula is C19H14F2N2O2S. The number of amides is 1. The minimum atomic E-state index is -0.743. The third kappa shape index (κ3) is 3.10. The van der Waals surface area contributed by atoms with E-state index in [0.29, 0.717) is 0 Å². The van der Waals surface area contributed by atoms with Crippen molar-refractivity contribution in [3.05, 3.63) is 71.5 Å². The Morgan fingerprint density at radius 1 is 1.15 bits per heavy atom. The summed E-state index contributed by atoms with van der Waals surface area (Å²) in [5.74, 6) is -0.919. The standard InChI is InChI=1S/C19H14F2N2O2S/c20-13-6-3-7-14(21)16(13)15-10-25-19(22-15)23-18(24)17-12-5-2-1-4-11(12)8-9-26-17/h1-7,10,17H,8-9H2,(H,22,23,24). The van der Waals surface area contributed by atoms with Gasteiger partial charge >= 0.3 is 6.01 Å². The highest BCUT2D eigenvalue weighted by molar-refractivity contribution is 8.00. The first-order valence-electron chi connectivity index (χ1n) is 8.03. The summed E-state index contributed by atoms with van der Waals surface area (Å²) in [4.78, 5) is 16.6. The van der Waals surface area contributed by atoms with E-state index in [1.54, 1.807) is 0 Å². The molecule has 1 N–H and O–H groups in total. The zero-order chi connectivity index (χ0) is 18.1. The maximum Gasteiger partial charge on any atom is 0.301 e. The number of hydrogen-bond donors (Lipinski definition) is 1.